The number of nitrogens with one attached hydrogen (secondary N) is 1. The number of aryl methyl sites for hydroxylation is 1. The number of hydrogen-bond donors (Lipinski definition) is 1. The maximum atomic E-state index is 12.2. The summed E-state index contributed by atoms with van der Waals surface area (Å²) in [5.41, 5.74) is 2.78. The lowest BCUT2D eigenvalue weighted by molar-refractivity contribution is 0.232. The van der Waals surface area contributed by atoms with E-state index in [1.54, 1.807) is 0 Å². The van der Waals surface area contributed by atoms with Crippen LogP contribution in [0.15, 0.2) is 15.4 Å². The molecule has 2 aromatic heterocycles. The average molecular weight is 300 g/mol. The minimum atomic E-state index is 0.0533. The molecule has 1 aliphatic heterocycles. The van der Waals surface area contributed by atoms with Crippen LogP contribution in [0.2, 0.25) is 0 Å². The number of H-pyrrole nitrogens is 1. The molecule has 1 aliphatic carbocycles. The van der Waals surface area contributed by atoms with Crippen LogP contribution in [0.25, 0.3) is 0 Å². The molecule has 2 aliphatic rings. The first-order chi connectivity index (χ1) is 10.7. The fourth-order valence-corrected chi connectivity index (χ4v) is 3.09. The third-order valence-electron chi connectivity index (χ3n) is 4.44. The highest BCUT2D eigenvalue weighted by molar-refractivity contribution is 5.21. The third kappa shape index (κ3) is 2.83. The molecule has 0 spiro atoms. The Bertz CT molecular complexity index is 745. The molecule has 0 radical (unpaired) electrons. The predicted molar refractivity (Wildman–Crippen MR) is 80.3 cm³/mol. The van der Waals surface area contributed by atoms with Gasteiger partial charge in [0.15, 0.2) is 0 Å². The van der Waals surface area contributed by atoms with Crippen molar-refractivity contribution in [3.63, 3.8) is 0 Å². The largest absolute Gasteiger partial charge is 0.361 e. The highest BCUT2D eigenvalue weighted by Crippen LogP contribution is 2.31. The quantitative estimate of drug-likeness (QED) is 0.928. The van der Waals surface area contributed by atoms with Gasteiger partial charge in [0.1, 0.15) is 11.6 Å². The van der Waals surface area contributed by atoms with Crippen molar-refractivity contribution in [1.29, 1.82) is 0 Å². The van der Waals surface area contributed by atoms with Gasteiger partial charge < -0.3 is 9.51 Å². The van der Waals surface area contributed by atoms with E-state index in [-0.39, 0.29) is 5.56 Å². The molecule has 116 valence electrons. The van der Waals surface area contributed by atoms with E-state index in [0.29, 0.717) is 6.54 Å². The van der Waals surface area contributed by atoms with Gasteiger partial charge in [-0.1, -0.05) is 5.16 Å². The summed E-state index contributed by atoms with van der Waals surface area (Å²) in [6, 6.07) is 1.96. The number of hydrogen-bond acceptors (Lipinski definition) is 5. The van der Waals surface area contributed by atoms with Crippen LogP contribution in [-0.4, -0.2) is 26.6 Å². The number of aromatic amines is 1. The van der Waals surface area contributed by atoms with Crippen LogP contribution in [-0.2, 0) is 25.9 Å². The third-order valence-corrected chi connectivity index (χ3v) is 4.44. The van der Waals surface area contributed by atoms with Gasteiger partial charge in [0.05, 0.1) is 11.4 Å². The topological polar surface area (TPSA) is 75.0 Å². The van der Waals surface area contributed by atoms with Crippen LogP contribution in [0.4, 0.5) is 0 Å². The summed E-state index contributed by atoms with van der Waals surface area (Å²) in [6.45, 7) is 4.20. The first-order valence-corrected chi connectivity index (χ1v) is 7.93. The zero-order chi connectivity index (χ0) is 15.1. The van der Waals surface area contributed by atoms with E-state index in [4.69, 9.17) is 9.51 Å². The van der Waals surface area contributed by atoms with Gasteiger partial charge in [-0.3, -0.25) is 9.69 Å². The van der Waals surface area contributed by atoms with Crippen molar-refractivity contribution < 1.29 is 4.52 Å². The standard InChI is InChI=1S/C16H20N4O2/c1-10-6-12(19-22-10)8-20-5-4-13-14(9-20)17-15(18-16(13)21)7-11-2-3-11/h6,11H,2-5,7-9H2,1H3,(H,17,18,21). The van der Waals surface area contributed by atoms with Crippen molar-refractivity contribution in [2.75, 3.05) is 6.54 Å². The molecule has 2 aromatic rings. The lowest BCUT2D eigenvalue weighted by Crippen LogP contribution is -2.35. The Kier molecular flexibility index (Phi) is 3.33. The summed E-state index contributed by atoms with van der Waals surface area (Å²) < 4.78 is 5.12. The summed E-state index contributed by atoms with van der Waals surface area (Å²) in [6.07, 6.45) is 4.18. The molecule has 1 fully saturated rings. The van der Waals surface area contributed by atoms with Gasteiger partial charge in [-0.15, -0.1) is 0 Å². The van der Waals surface area contributed by atoms with E-state index in [9.17, 15) is 4.79 Å². The molecule has 4 rings (SSSR count). The second-order valence-electron chi connectivity index (χ2n) is 6.47. The minimum absolute atomic E-state index is 0.0533. The SMILES string of the molecule is Cc1cc(CN2CCc3c(nc(CC4CC4)[nH]c3=O)C2)no1. The lowest BCUT2D eigenvalue weighted by atomic mass is 10.1. The van der Waals surface area contributed by atoms with Crippen molar-refractivity contribution >= 4 is 0 Å². The van der Waals surface area contributed by atoms with Gasteiger partial charge in [0.2, 0.25) is 0 Å². The van der Waals surface area contributed by atoms with Crippen LogP contribution < -0.4 is 5.56 Å². The van der Waals surface area contributed by atoms with Crippen LogP contribution >= 0.6 is 0 Å². The maximum absolute atomic E-state index is 12.2. The fourth-order valence-electron chi connectivity index (χ4n) is 3.09. The molecule has 0 atom stereocenters. The molecule has 6 nitrogen and oxygen atoms in total. The minimum Gasteiger partial charge on any atom is -0.361 e. The Labute approximate surface area is 128 Å². The highest BCUT2D eigenvalue weighted by Gasteiger charge is 2.25. The fraction of sp³-hybridized carbons (Fsp3) is 0.562. The number of nitrogens with zero attached hydrogens (tertiary/aromatic N) is 3. The normalized spacial score (nSPS) is 18.4. The van der Waals surface area contributed by atoms with Gasteiger partial charge in [-0.2, -0.15) is 0 Å². The summed E-state index contributed by atoms with van der Waals surface area (Å²) in [4.78, 5) is 22.2. The predicted octanol–water partition coefficient (Wildman–Crippen LogP) is 1.58. The van der Waals surface area contributed by atoms with Gasteiger partial charge in [-0.25, -0.2) is 4.98 Å². The second kappa shape index (κ2) is 5.35. The van der Waals surface area contributed by atoms with E-state index in [2.05, 4.69) is 15.0 Å². The van der Waals surface area contributed by atoms with Gasteiger partial charge >= 0.3 is 0 Å². The molecule has 1 saturated carbocycles. The number of fused-ring (bicyclic) bond motifs is 1. The number of rotatable bonds is 4. The first-order valence-electron chi connectivity index (χ1n) is 7.93. The molecule has 1 N–H and O–H groups in total. The molecule has 0 unspecified atom stereocenters. The van der Waals surface area contributed by atoms with Crippen molar-refractivity contribution in [2.45, 2.75) is 45.7 Å². The van der Waals surface area contributed by atoms with Crippen LogP contribution in [0.5, 0.6) is 0 Å². The molecule has 3 heterocycles. The zero-order valence-corrected chi connectivity index (χ0v) is 12.8. The van der Waals surface area contributed by atoms with E-state index in [0.717, 1.165) is 60.4 Å². The summed E-state index contributed by atoms with van der Waals surface area (Å²) in [7, 11) is 0. The lowest BCUT2D eigenvalue weighted by Gasteiger charge is -2.26. The monoisotopic (exact) mass is 300 g/mol. The Morgan fingerprint density at radius 2 is 2.32 bits per heavy atom. The maximum Gasteiger partial charge on any atom is 0.254 e. The molecule has 22 heavy (non-hydrogen) atoms. The zero-order valence-electron chi connectivity index (χ0n) is 12.8. The van der Waals surface area contributed by atoms with E-state index < -0.39 is 0 Å². The van der Waals surface area contributed by atoms with Crippen LogP contribution in [0.3, 0.4) is 0 Å². The molecule has 0 aromatic carbocycles. The summed E-state index contributed by atoms with van der Waals surface area (Å²) in [5.74, 6) is 2.40. The second-order valence-corrected chi connectivity index (χ2v) is 6.47. The Morgan fingerprint density at radius 3 is 3.05 bits per heavy atom. The highest BCUT2D eigenvalue weighted by atomic mass is 16.5. The van der Waals surface area contributed by atoms with Gasteiger partial charge in [0.25, 0.3) is 5.56 Å². The van der Waals surface area contributed by atoms with Crippen molar-refractivity contribution in [3.05, 3.63) is 45.0 Å². The van der Waals surface area contributed by atoms with Crippen molar-refractivity contribution in [2.24, 2.45) is 5.92 Å². The Hall–Kier alpha value is -1.95. The Balaban J connectivity index is 1.53. The summed E-state index contributed by atoms with van der Waals surface area (Å²) >= 11 is 0. The molecule has 0 amide bonds. The Morgan fingerprint density at radius 1 is 1.45 bits per heavy atom. The first kappa shape index (κ1) is 13.7. The van der Waals surface area contributed by atoms with Gasteiger partial charge in [-0.05, 0) is 32.1 Å². The molecule has 0 bridgehead atoms. The van der Waals surface area contributed by atoms with Crippen molar-refractivity contribution in [1.82, 2.24) is 20.0 Å². The van der Waals surface area contributed by atoms with Gasteiger partial charge in [0, 0.05) is 37.7 Å². The molecular formula is C16H20N4O2. The van der Waals surface area contributed by atoms with Crippen molar-refractivity contribution in [3.8, 4) is 0 Å². The summed E-state index contributed by atoms with van der Waals surface area (Å²) in [5, 5.41) is 4.04. The molecular weight excluding hydrogens is 280 g/mol. The number of aromatic nitrogens is 3. The smallest absolute Gasteiger partial charge is 0.254 e. The van der Waals surface area contributed by atoms with Crippen LogP contribution in [0.1, 0.15) is 41.4 Å². The van der Waals surface area contributed by atoms with E-state index in [1.807, 2.05) is 13.0 Å². The molecule has 6 heteroatoms. The van der Waals surface area contributed by atoms with E-state index in [1.165, 1.54) is 12.8 Å². The van der Waals surface area contributed by atoms with Crippen LogP contribution in [0, 0.1) is 12.8 Å². The average Bonchev–Trinajstić information content (AvgIpc) is 3.20. The molecule has 0 saturated heterocycles. The van der Waals surface area contributed by atoms with E-state index >= 15 is 0 Å².